The summed E-state index contributed by atoms with van der Waals surface area (Å²) in [7, 11) is 1.61. The van der Waals surface area contributed by atoms with Crippen LogP contribution in [0.25, 0.3) is 0 Å². The third kappa shape index (κ3) is 5.73. The molecule has 7 heteroatoms. The Kier molecular flexibility index (Phi) is 6.79. The van der Waals surface area contributed by atoms with Crippen LogP contribution in [0.4, 0.5) is 13.2 Å². The van der Waals surface area contributed by atoms with Crippen molar-refractivity contribution in [3.05, 3.63) is 65.2 Å². The molecule has 1 aliphatic heterocycles. The van der Waals surface area contributed by atoms with Crippen LogP contribution in [0.3, 0.4) is 0 Å². The molecular formula is C22H25F3N2O2. The van der Waals surface area contributed by atoms with Gasteiger partial charge in [-0.3, -0.25) is 9.69 Å². The van der Waals surface area contributed by atoms with Crippen molar-refractivity contribution in [2.24, 2.45) is 0 Å². The van der Waals surface area contributed by atoms with Gasteiger partial charge < -0.3 is 10.1 Å². The van der Waals surface area contributed by atoms with E-state index in [1.54, 1.807) is 7.11 Å². The van der Waals surface area contributed by atoms with Crippen molar-refractivity contribution in [3.8, 4) is 5.75 Å². The number of likely N-dealkylation sites (tertiary alicyclic amines) is 1. The van der Waals surface area contributed by atoms with E-state index in [4.69, 9.17) is 4.74 Å². The Morgan fingerprint density at radius 3 is 2.45 bits per heavy atom. The van der Waals surface area contributed by atoms with Gasteiger partial charge >= 0.3 is 6.18 Å². The van der Waals surface area contributed by atoms with Gasteiger partial charge in [-0.05, 0) is 55.3 Å². The van der Waals surface area contributed by atoms with Crippen LogP contribution in [-0.4, -0.2) is 37.6 Å². The summed E-state index contributed by atoms with van der Waals surface area (Å²) < 4.78 is 43.8. The number of nitrogens with one attached hydrogen (secondary N) is 1. The van der Waals surface area contributed by atoms with Crippen LogP contribution in [0.2, 0.25) is 0 Å². The van der Waals surface area contributed by atoms with Crippen molar-refractivity contribution in [1.29, 1.82) is 0 Å². The average molecular weight is 406 g/mol. The average Bonchev–Trinajstić information content (AvgIpc) is 3.23. The van der Waals surface area contributed by atoms with Gasteiger partial charge in [0.2, 0.25) is 5.91 Å². The maximum atomic E-state index is 12.9. The topological polar surface area (TPSA) is 41.6 Å². The Morgan fingerprint density at radius 2 is 1.83 bits per heavy atom. The minimum atomic E-state index is -4.41. The molecule has 4 nitrogen and oxygen atoms in total. The molecule has 1 unspecified atom stereocenters. The minimum absolute atomic E-state index is 0.0221. The molecule has 0 saturated carbocycles. The fourth-order valence-corrected chi connectivity index (χ4v) is 3.65. The van der Waals surface area contributed by atoms with Gasteiger partial charge in [0, 0.05) is 6.54 Å². The Morgan fingerprint density at radius 1 is 1.14 bits per heavy atom. The predicted molar refractivity (Wildman–Crippen MR) is 105 cm³/mol. The number of hydrogen-bond donors (Lipinski definition) is 1. The number of rotatable bonds is 7. The zero-order valence-corrected chi connectivity index (χ0v) is 16.3. The second kappa shape index (κ2) is 9.31. The summed E-state index contributed by atoms with van der Waals surface area (Å²) >= 11 is 0. The molecule has 1 saturated heterocycles. The molecule has 1 aliphatic rings. The first-order valence-electron chi connectivity index (χ1n) is 9.67. The number of nitrogens with zero attached hydrogens (tertiary/aromatic N) is 1. The molecule has 1 N–H and O–H groups in total. The number of benzene rings is 2. The monoisotopic (exact) mass is 406 g/mol. The van der Waals surface area contributed by atoms with Gasteiger partial charge in [-0.2, -0.15) is 13.2 Å². The Labute approximate surface area is 168 Å². The molecular weight excluding hydrogens is 381 g/mol. The lowest BCUT2D eigenvalue weighted by atomic mass is 10.0. The number of carbonyl (C=O) groups excluding carboxylic acids is 1. The van der Waals surface area contributed by atoms with Crippen LogP contribution >= 0.6 is 0 Å². The van der Waals surface area contributed by atoms with E-state index >= 15 is 0 Å². The highest BCUT2D eigenvalue weighted by Crippen LogP contribution is 2.30. The lowest BCUT2D eigenvalue weighted by Crippen LogP contribution is -2.37. The van der Waals surface area contributed by atoms with E-state index in [0.29, 0.717) is 12.1 Å². The fraction of sp³-hybridized carbons (Fsp3) is 0.409. The van der Waals surface area contributed by atoms with E-state index in [-0.39, 0.29) is 18.4 Å². The highest BCUT2D eigenvalue weighted by molar-refractivity contribution is 5.78. The molecule has 0 bridgehead atoms. The highest BCUT2D eigenvalue weighted by atomic mass is 19.4. The summed E-state index contributed by atoms with van der Waals surface area (Å²) in [5, 5.41) is 2.90. The lowest BCUT2D eigenvalue weighted by Gasteiger charge is -2.28. The summed E-state index contributed by atoms with van der Waals surface area (Å²) in [5.74, 6) is 0.476. The zero-order valence-electron chi connectivity index (χ0n) is 16.3. The normalized spacial score (nSPS) is 15.9. The molecule has 2 aromatic carbocycles. The van der Waals surface area contributed by atoms with Crippen LogP contribution in [0.1, 0.15) is 35.6 Å². The van der Waals surface area contributed by atoms with Crippen LogP contribution in [0.15, 0.2) is 48.5 Å². The molecule has 0 aromatic heterocycles. The van der Waals surface area contributed by atoms with Crippen molar-refractivity contribution in [2.45, 2.75) is 31.5 Å². The van der Waals surface area contributed by atoms with Gasteiger partial charge in [0.15, 0.2) is 0 Å². The SMILES string of the molecule is COc1ccc(C(CNC(=O)Cc2cccc(C(F)(F)F)c2)N2CCCC2)cc1. The summed E-state index contributed by atoms with van der Waals surface area (Å²) in [4.78, 5) is 14.7. The molecule has 2 aromatic rings. The van der Waals surface area contributed by atoms with E-state index in [1.165, 1.54) is 12.1 Å². The molecule has 1 heterocycles. The highest BCUT2D eigenvalue weighted by Gasteiger charge is 2.30. The maximum Gasteiger partial charge on any atom is 0.416 e. The molecule has 1 amide bonds. The molecule has 1 fully saturated rings. The van der Waals surface area contributed by atoms with Crippen molar-refractivity contribution in [1.82, 2.24) is 10.2 Å². The number of amides is 1. The molecule has 0 aliphatic carbocycles. The molecule has 0 spiro atoms. The largest absolute Gasteiger partial charge is 0.497 e. The lowest BCUT2D eigenvalue weighted by molar-refractivity contribution is -0.137. The smallest absolute Gasteiger partial charge is 0.416 e. The number of halogens is 3. The van der Waals surface area contributed by atoms with E-state index < -0.39 is 11.7 Å². The van der Waals surface area contributed by atoms with Gasteiger partial charge in [-0.25, -0.2) is 0 Å². The van der Waals surface area contributed by atoms with Crippen molar-refractivity contribution in [3.63, 3.8) is 0 Å². The van der Waals surface area contributed by atoms with Crippen molar-refractivity contribution in [2.75, 3.05) is 26.7 Å². The first-order valence-corrected chi connectivity index (χ1v) is 9.67. The molecule has 156 valence electrons. The number of alkyl halides is 3. The van der Waals surface area contributed by atoms with Crippen LogP contribution in [0.5, 0.6) is 5.75 Å². The maximum absolute atomic E-state index is 12.9. The Bertz CT molecular complexity index is 816. The Balaban J connectivity index is 1.65. The van der Waals surface area contributed by atoms with Gasteiger partial charge in [0.05, 0.1) is 25.1 Å². The van der Waals surface area contributed by atoms with E-state index in [9.17, 15) is 18.0 Å². The zero-order chi connectivity index (χ0) is 20.9. The molecule has 29 heavy (non-hydrogen) atoms. The molecule has 1 atom stereocenters. The number of methoxy groups -OCH3 is 1. The second-order valence-electron chi connectivity index (χ2n) is 7.21. The van der Waals surface area contributed by atoms with Gasteiger partial charge in [0.1, 0.15) is 5.75 Å². The summed E-state index contributed by atoms with van der Waals surface area (Å²) in [6.07, 6.45) is -2.27. The predicted octanol–water partition coefficient (Wildman–Crippen LogP) is 4.21. The van der Waals surface area contributed by atoms with Gasteiger partial charge in [0.25, 0.3) is 0 Å². The summed E-state index contributed by atoms with van der Waals surface area (Å²) in [5.41, 5.74) is 0.683. The number of carbonyl (C=O) groups is 1. The van der Waals surface area contributed by atoms with Gasteiger partial charge in [-0.15, -0.1) is 0 Å². The molecule has 0 radical (unpaired) electrons. The van der Waals surface area contributed by atoms with Crippen LogP contribution in [-0.2, 0) is 17.4 Å². The van der Waals surface area contributed by atoms with Crippen LogP contribution in [0, 0.1) is 0 Å². The van der Waals surface area contributed by atoms with Crippen molar-refractivity contribution < 1.29 is 22.7 Å². The number of hydrogen-bond acceptors (Lipinski definition) is 3. The van der Waals surface area contributed by atoms with Gasteiger partial charge in [-0.1, -0.05) is 30.3 Å². The van der Waals surface area contributed by atoms with E-state index in [1.807, 2.05) is 24.3 Å². The van der Waals surface area contributed by atoms with Crippen molar-refractivity contribution >= 4 is 5.91 Å². The Hall–Kier alpha value is -2.54. The third-order valence-electron chi connectivity index (χ3n) is 5.19. The first kappa shape index (κ1) is 21.2. The summed E-state index contributed by atoms with van der Waals surface area (Å²) in [6, 6.07) is 12.7. The van der Waals surface area contributed by atoms with Crippen LogP contribution < -0.4 is 10.1 Å². The standard InChI is InChI=1S/C22H25F3N2O2/c1-29-19-9-7-17(8-10-19)20(27-11-2-3-12-27)15-26-21(28)14-16-5-4-6-18(13-16)22(23,24)25/h4-10,13,20H,2-3,11-12,14-15H2,1H3,(H,26,28). The number of ether oxygens (including phenoxy) is 1. The fourth-order valence-electron chi connectivity index (χ4n) is 3.65. The van der Waals surface area contributed by atoms with E-state index in [2.05, 4.69) is 10.2 Å². The summed E-state index contributed by atoms with van der Waals surface area (Å²) in [6.45, 7) is 2.32. The third-order valence-corrected chi connectivity index (χ3v) is 5.19. The minimum Gasteiger partial charge on any atom is -0.497 e. The molecule has 3 rings (SSSR count). The van der Waals surface area contributed by atoms with E-state index in [0.717, 1.165) is 49.4 Å². The second-order valence-corrected chi connectivity index (χ2v) is 7.21. The quantitative estimate of drug-likeness (QED) is 0.749. The first-order chi connectivity index (χ1) is 13.9.